The van der Waals surface area contributed by atoms with Gasteiger partial charge in [-0.1, -0.05) is 42.5 Å². The molecule has 1 aromatic heterocycles. The summed E-state index contributed by atoms with van der Waals surface area (Å²) in [5.74, 6) is 1.59. The number of hydrogen-bond donors (Lipinski definition) is 2. The van der Waals surface area contributed by atoms with Gasteiger partial charge in [-0.2, -0.15) is 0 Å². The average Bonchev–Trinajstić information content (AvgIpc) is 2.92. The molecule has 3 aromatic rings. The lowest BCUT2D eigenvalue weighted by molar-refractivity contribution is -0.120. The zero-order chi connectivity index (χ0) is 25.4. The number of ether oxygens (including phenoxy) is 2. The van der Waals surface area contributed by atoms with Gasteiger partial charge in [-0.3, -0.25) is 9.78 Å². The van der Waals surface area contributed by atoms with E-state index in [1.165, 1.54) is 5.56 Å². The molecular formula is C30H37N3O3. The number of methoxy groups -OCH3 is 2. The van der Waals surface area contributed by atoms with Crippen molar-refractivity contribution in [3.05, 3.63) is 84.2 Å². The minimum Gasteiger partial charge on any atom is -0.493 e. The Balaban J connectivity index is 1.21. The van der Waals surface area contributed by atoms with Gasteiger partial charge >= 0.3 is 0 Å². The van der Waals surface area contributed by atoms with Crippen LogP contribution < -0.4 is 20.1 Å². The predicted octanol–water partition coefficient (Wildman–Crippen LogP) is 5.29. The van der Waals surface area contributed by atoms with Crippen LogP contribution in [-0.4, -0.2) is 44.7 Å². The maximum Gasteiger partial charge on any atom is 0.223 e. The number of benzene rings is 2. The Hall–Kier alpha value is -3.64. The minimum absolute atomic E-state index is 0.0579. The largest absolute Gasteiger partial charge is 0.493 e. The molecule has 2 aromatic carbocycles. The molecule has 0 unspecified atom stereocenters. The smallest absolute Gasteiger partial charge is 0.223 e. The Labute approximate surface area is 214 Å². The Morgan fingerprint density at radius 2 is 1.53 bits per heavy atom. The molecule has 2 N–H and O–H groups in total. The van der Waals surface area contributed by atoms with Crippen LogP contribution in [-0.2, 0) is 11.2 Å². The van der Waals surface area contributed by atoms with Gasteiger partial charge in [0.05, 0.1) is 14.2 Å². The van der Waals surface area contributed by atoms with Gasteiger partial charge in [0.1, 0.15) is 0 Å². The molecule has 0 aliphatic heterocycles. The van der Waals surface area contributed by atoms with Crippen LogP contribution in [0.4, 0.5) is 0 Å². The van der Waals surface area contributed by atoms with Crippen molar-refractivity contribution in [1.29, 1.82) is 0 Å². The normalized spacial score (nSPS) is 10.9. The molecule has 0 aliphatic carbocycles. The van der Waals surface area contributed by atoms with E-state index >= 15 is 0 Å². The van der Waals surface area contributed by atoms with E-state index in [1.807, 2.05) is 36.4 Å². The van der Waals surface area contributed by atoms with Crippen molar-refractivity contribution in [3.8, 4) is 22.6 Å². The first kappa shape index (κ1) is 27.0. The molecule has 1 heterocycles. The first-order valence-electron chi connectivity index (χ1n) is 12.5. The molecule has 0 spiro atoms. The fraction of sp³-hybridized carbons (Fsp3) is 0.333. The van der Waals surface area contributed by atoms with Crippen molar-refractivity contribution in [3.63, 3.8) is 0 Å². The highest BCUT2D eigenvalue weighted by molar-refractivity contribution is 5.78. The fourth-order valence-corrected chi connectivity index (χ4v) is 3.89. The molecule has 0 bridgehead atoms. The van der Waals surface area contributed by atoms with E-state index in [-0.39, 0.29) is 5.91 Å². The first-order chi connectivity index (χ1) is 17.7. The molecule has 1 amide bonds. The van der Waals surface area contributed by atoms with Gasteiger partial charge in [-0.25, -0.2) is 0 Å². The first-order valence-corrected chi connectivity index (χ1v) is 12.5. The summed E-state index contributed by atoms with van der Waals surface area (Å²) in [5.41, 5.74) is 4.62. The average molecular weight is 488 g/mol. The highest BCUT2D eigenvalue weighted by Gasteiger charge is 2.04. The van der Waals surface area contributed by atoms with Gasteiger partial charge in [0, 0.05) is 25.4 Å². The highest BCUT2D eigenvalue weighted by atomic mass is 16.5. The van der Waals surface area contributed by atoms with Crippen molar-refractivity contribution in [2.45, 2.75) is 32.1 Å². The van der Waals surface area contributed by atoms with Crippen LogP contribution in [0.1, 0.15) is 36.8 Å². The summed E-state index contributed by atoms with van der Waals surface area (Å²) in [6, 6.07) is 18.3. The van der Waals surface area contributed by atoms with Crippen LogP contribution in [0.25, 0.3) is 17.2 Å². The second-order valence-corrected chi connectivity index (χ2v) is 8.56. The summed E-state index contributed by atoms with van der Waals surface area (Å²) < 4.78 is 10.6. The minimum atomic E-state index is 0.0579. The number of nitrogens with one attached hydrogen (secondary N) is 2. The number of pyridine rings is 1. The van der Waals surface area contributed by atoms with E-state index in [0.717, 1.165) is 67.0 Å². The maximum absolute atomic E-state index is 12.1. The molecule has 6 heteroatoms. The quantitative estimate of drug-likeness (QED) is 0.285. The second-order valence-electron chi connectivity index (χ2n) is 8.56. The molecule has 36 heavy (non-hydrogen) atoms. The number of rotatable bonds is 15. The SMILES string of the molecule is COc1ccc(CCCNCCCCNC(=O)C/C=C/c2ccc(-c3ccncc3)cc2)cc1OC. The van der Waals surface area contributed by atoms with Crippen LogP contribution in [0.5, 0.6) is 11.5 Å². The zero-order valence-corrected chi connectivity index (χ0v) is 21.3. The van der Waals surface area contributed by atoms with E-state index in [1.54, 1.807) is 26.6 Å². The molecule has 0 atom stereocenters. The molecule has 0 radical (unpaired) electrons. The van der Waals surface area contributed by atoms with Crippen LogP contribution in [0.3, 0.4) is 0 Å². The van der Waals surface area contributed by atoms with Gasteiger partial charge < -0.3 is 20.1 Å². The van der Waals surface area contributed by atoms with Gasteiger partial charge in [-0.05, 0) is 85.3 Å². The van der Waals surface area contributed by atoms with Crippen molar-refractivity contribution in [1.82, 2.24) is 15.6 Å². The fourth-order valence-electron chi connectivity index (χ4n) is 3.89. The van der Waals surface area contributed by atoms with E-state index in [9.17, 15) is 4.79 Å². The molecule has 0 saturated heterocycles. The molecule has 0 aliphatic rings. The summed E-state index contributed by atoms with van der Waals surface area (Å²) in [6.07, 6.45) is 11.9. The number of unbranched alkanes of at least 4 members (excludes halogenated alkanes) is 1. The lowest BCUT2D eigenvalue weighted by atomic mass is 10.0. The molecular weight excluding hydrogens is 450 g/mol. The van der Waals surface area contributed by atoms with Crippen LogP contribution in [0.2, 0.25) is 0 Å². The Morgan fingerprint density at radius 3 is 2.28 bits per heavy atom. The van der Waals surface area contributed by atoms with E-state index in [4.69, 9.17) is 9.47 Å². The van der Waals surface area contributed by atoms with Crippen molar-refractivity contribution < 1.29 is 14.3 Å². The van der Waals surface area contributed by atoms with Gasteiger partial charge in [0.15, 0.2) is 11.5 Å². The van der Waals surface area contributed by atoms with Crippen LogP contribution in [0.15, 0.2) is 73.1 Å². The van der Waals surface area contributed by atoms with Crippen LogP contribution in [0, 0.1) is 0 Å². The van der Waals surface area contributed by atoms with Gasteiger partial charge in [0.2, 0.25) is 5.91 Å². The van der Waals surface area contributed by atoms with E-state index in [2.05, 4.69) is 45.9 Å². The van der Waals surface area contributed by atoms with Crippen molar-refractivity contribution in [2.75, 3.05) is 33.9 Å². The lowest BCUT2D eigenvalue weighted by Crippen LogP contribution is -2.24. The third-order valence-corrected chi connectivity index (χ3v) is 5.91. The number of hydrogen-bond acceptors (Lipinski definition) is 5. The van der Waals surface area contributed by atoms with Gasteiger partial charge in [-0.15, -0.1) is 0 Å². The molecule has 0 saturated carbocycles. The summed E-state index contributed by atoms with van der Waals surface area (Å²) >= 11 is 0. The number of carbonyl (C=O) groups excluding carboxylic acids is 1. The molecule has 190 valence electrons. The molecule has 0 fully saturated rings. The lowest BCUT2D eigenvalue weighted by Gasteiger charge is -2.10. The standard InChI is InChI=1S/C30H37N3O3/c1-35-28-15-12-25(23-29(28)36-2)8-6-19-31-18-3-4-20-33-30(34)9-5-7-24-10-13-26(14-11-24)27-16-21-32-22-17-27/h5,7,10-17,21-23,31H,3-4,6,8-9,18-20H2,1-2H3,(H,33,34)/b7-5+. The predicted molar refractivity (Wildman–Crippen MR) is 146 cm³/mol. The summed E-state index contributed by atoms with van der Waals surface area (Å²) in [7, 11) is 3.31. The van der Waals surface area contributed by atoms with Crippen LogP contribution >= 0.6 is 0 Å². The van der Waals surface area contributed by atoms with Crippen molar-refractivity contribution >= 4 is 12.0 Å². The maximum atomic E-state index is 12.1. The third kappa shape index (κ3) is 9.19. The molecule has 6 nitrogen and oxygen atoms in total. The van der Waals surface area contributed by atoms with Crippen molar-refractivity contribution in [2.24, 2.45) is 0 Å². The number of aromatic nitrogens is 1. The zero-order valence-electron chi connectivity index (χ0n) is 21.3. The summed E-state index contributed by atoms with van der Waals surface area (Å²) in [6.45, 7) is 2.63. The highest BCUT2D eigenvalue weighted by Crippen LogP contribution is 2.27. The number of amides is 1. The summed E-state index contributed by atoms with van der Waals surface area (Å²) in [4.78, 5) is 16.1. The number of nitrogens with zero attached hydrogens (tertiary/aromatic N) is 1. The third-order valence-electron chi connectivity index (χ3n) is 5.91. The van der Waals surface area contributed by atoms with E-state index in [0.29, 0.717) is 13.0 Å². The topological polar surface area (TPSA) is 72.5 Å². The summed E-state index contributed by atoms with van der Waals surface area (Å²) in [5, 5.41) is 6.48. The van der Waals surface area contributed by atoms with Gasteiger partial charge in [0.25, 0.3) is 0 Å². The Morgan fingerprint density at radius 1 is 0.833 bits per heavy atom. The second kappa shape index (κ2) is 15.4. The Kier molecular flexibility index (Phi) is 11.5. The monoisotopic (exact) mass is 487 g/mol. The molecule has 3 rings (SSSR count). The van der Waals surface area contributed by atoms with E-state index < -0.39 is 0 Å². The number of aryl methyl sites for hydroxylation is 1. The number of carbonyl (C=O) groups is 1. The Bertz CT molecular complexity index is 1080.